The highest BCUT2D eigenvalue weighted by Crippen LogP contribution is 2.40. The van der Waals surface area contributed by atoms with Crippen molar-refractivity contribution in [1.82, 2.24) is 9.88 Å². The molecule has 5 nitrogen and oxygen atoms in total. The van der Waals surface area contributed by atoms with Crippen molar-refractivity contribution in [2.24, 2.45) is 11.8 Å². The van der Waals surface area contributed by atoms with Crippen LogP contribution in [0, 0.1) is 11.8 Å². The van der Waals surface area contributed by atoms with Crippen LogP contribution in [-0.4, -0.2) is 39.1 Å². The van der Waals surface area contributed by atoms with Gasteiger partial charge in [-0.1, -0.05) is 19.1 Å². The Hall–Kier alpha value is -2.14. The van der Waals surface area contributed by atoms with Gasteiger partial charge in [0.25, 0.3) is 0 Å². The summed E-state index contributed by atoms with van der Waals surface area (Å²) in [6, 6.07) is 10.3. The van der Waals surface area contributed by atoms with Crippen LogP contribution in [0.15, 0.2) is 30.5 Å². The molecule has 3 heterocycles. The Morgan fingerprint density at radius 1 is 1.07 bits per heavy atom. The van der Waals surface area contributed by atoms with Crippen LogP contribution in [-0.2, 0) is 11.3 Å². The Kier molecular flexibility index (Phi) is 5.40. The first kappa shape index (κ1) is 19.8. The zero-order valence-electron chi connectivity index (χ0n) is 17.9. The maximum Gasteiger partial charge on any atom is 0.306 e. The van der Waals surface area contributed by atoms with Gasteiger partial charge in [0.2, 0.25) is 0 Å². The summed E-state index contributed by atoms with van der Waals surface area (Å²) < 4.78 is 0. The van der Waals surface area contributed by atoms with E-state index >= 15 is 0 Å². The van der Waals surface area contributed by atoms with Crippen molar-refractivity contribution in [3.8, 4) is 0 Å². The number of aromatic nitrogens is 1. The number of rotatable bonds is 5. The molecule has 2 saturated heterocycles. The average Bonchev–Trinajstić information content (AvgIpc) is 2.96. The van der Waals surface area contributed by atoms with Gasteiger partial charge in [0, 0.05) is 36.3 Å². The zero-order chi connectivity index (χ0) is 20.7. The summed E-state index contributed by atoms with van der Waals surface area (Å²) >= 11 is 0. The summed E-state index contributed by atoms with van der Waals surface area (Å²) in [4.78, 5) is 18.7. The van der Waals surface area contributed by atoms with Gasteiger partial charge in [-0.15, -0.1) is 0 Å². The van der Waals surface area contributed by atoms with Crippen LogP contribution in [0.3, 0.4) is 0 Å². The fraction of sp³-hybridized carbons (Fsp3) is 0.600. The maximum atomic E-state index is 11.4. The standard InChI is InChI=1S/C25H33N3O2/c1-16-2-6-21(7-3-16)27-24-13-18-5-4-17(10-20(18)14-26-24)15-28-22-8-9-23(28)12-19(11-22)25(29)30/h4-5,10,13-14,16,19,21-23H,2-3,6-9,11-12,15H2,1H3,(H,26,27)(H,29,30)/t16-,19?,21-,22?,23?. The summed E-state index contributed by atoms with van der Waals surface area (Å²) in [7, 11) is 0. The summed E-state index contributed by atoms with van der Waals surface area (Å²) in [5.41, 5.74) is 1.30. The van der Waals surface area contributed by atoms with Crippen molar-refractivity contribution < 1.29 is 9.90 Å². The molecule has 1 saturated carbocycles. The molecule has 5 rings (SSSR count). The van der Waals surface area contributed by atoms with E-state index in [1.807, 2.05) is 6.20 Å². The topological polar surface area (TPSA) is 65.5 Å². The third kappa shape index (κ3) is 4.04. The number of carbonyl (C=O) groups is 1. The van der Waals surface area contributed by atoms with E-state index in [0.29, 0.717) is 18.1 Å². The van der Waals surface area contributed by atoms with E-state index in [9.17, 15) is 9.90 Å². The summed E-state index contributed by atoms with van der Waals surface area (Å²) in [6.07, 6.45) is 11.0. The monoisotopic (exact) mass is 407 g/mol. The van der Waals surface area contributed by atoms with Crippen LogP contribution >= 0.6 is 0 Å². The molecule has 1 aliphatic carbocycles. The highest BCUT2D eigenvalue weighted by molar-refractivity contribution is 5.84. The Morgan fingerprint density at radius 3 is 2.50 bits per heavy atom. The molecule has 2 N–H and O–H groups in total. The molecule has 160 valence electrons. The number of benzene rings is 1. The quantitative estimate of drug-likeness (QED) is 0.726. The number of piperidine rings is 1. The number of fused-ring (bicyclic) bond motifs is 3. The number of nitrogens with zero attached hydrogens (tertiary/aromatic N) is 2. The van der Waals surface area contributed by atoms with Crippen molar-refractivity contribution >= 4 is 22.6 Å². The minimum atomic E-state index is -0.615. The molecule has 30 heavy (non-hydrogen) atoms. The molecule has 1 aromatic heterocycles. The molecule has 2 aromatic rings. The number of aliphatic carboxylic acids is 1. The highest BCUT2D eigenvalue weighted by Gasteiger charge is 2.42. The van der Waals surface area contributed by atoms with Gasteiger partial charge >= 0.3 is 5.97 Å². The van der Waals surface area contributed by atoms with Crippen LogP contribution in [0.4, 0.5) is 5.82 Å². The molecule has 2 unspecified atom stereocenters. The first-order chi connectivity index (χ1) is 14.5. The lowest BCUT2D eigenvalue weighted by molar-refractivity contribution is -0.144. The first-order valence-electron chi connectivity index (χ1n) is 11.7. The van der Waals surface area contributed by atoms with Crippen molar-refractivity contribution in [2.45, 2.75) is 83.0 Å². The molecule has 0 amide bonds. The third-order valence-electron chi connectivity index (χ3n) is 7.75. The van der Waals surface area contributed by atoms with Crippen molar-refractivity contribution in [1.29, 1.82) is 0 Å². The normalized spacial score (nSPS) is 31.7. The fourth-order valence-corrected chi connectivity index (χ4v) is 5.93. The van der Waals surface area contributed by atoms with E-state index in [-0.39, 0.29) is 5.92 Å². The molecule has 2 bridgehead atoms. The minimum absolute atomic E-state index is 0.155. The Morgan fingerprint density at radius 2 is 1.80 bits per heavy atom. The maximum absolute atomic E-state index is 11.4. The predicted molar refractivity (Wildman–Crippen MR) is 119 cm³/mol. The molecular weight excluding hydrogens is 374 g/mol. The Balaban J connectivity index is 1.26. The Labute approximate surface area is 178 Å². The van der Waals surface area contributed by atoms with Crippen molar-refractivity contribution in [2.75, 3.05) is 5.32 Å². The SMILES string of the molecule is C[C@H]1CC[C@H](Nc2cc3ccc(CN4C5CCC4CC(C(=O)O)C5)cc3cn2)CC1. The Bertz CT molecular complexity index is 908. The van der Waals surface area contributed by atoms with Gasteiger partial charge < -0.3 is 10.4 Å². The smallest absolute Gasteiger partial charge is 0.306 e. The number of hydrogen-bond donors (Lipinski definition) is 2. The van der Waals surface area contributed by atoms with Gasteiger partial charge in [0.05, 0.1) is 5.92 Å². The van der Waals surface area contributed by atoms with E-state index in [0.717, 1.165) is 44.0 Å². The van der Waals surface area contributed by atoms with Crippen LogP contribution in [0.25, 0.3) is 10.8 Å². The van der Waals surface area contributed by atoms with Crippen molar-refractivity contribution in [3.05, 3.63) is 36.0 Å². The van der Waals surface area contributed by atoms with Gasteiger partial charge in [-0.3, -0.25) is 9.69 Å². The van der Waals surface area contributed by atoms with E-state index in [1.165, 1.54) is 42.0 Å². The average molecular weight is 408 g/mol. The lowest BCUT2D eigenvalue weighted by Crippen LogP contribution is -2.44. The molecular formula is C25H33N3O2. The third-order valence-corrected chi connectivity index (χ3v) is 7.75. The van der Waals surface area contributed by atoms with Crippen LogP contribution in [0.1, 0.15) is 63.9 Å². The van der Waals surface area contributed by atoms with Crippen LogP contribution < -0.4 is 5.32 Å². The number of anilines is 1. The predicted octanol–water partition coefficient (Wildman–Crippen LogP) is 5.05. The van der Waals surface area contributed by atoms with Gasteiger partial charge in [-0.25, -0.2) is 4.98 Å². The number of carboxylic acids is 1. The number of nitrogens with one attached hydrogen (secondary N) is 1. The second-order valence-corrected chi connectivity index (χ2v) is 9.92. The zero-order valence-corrected chi connectivity index (χ0v) is 17.9. The van der Waals surface area contributed by atoms with Crippen LogP contribution in [0.5, 0.6) is 0 Å². The summed E-state index contributed by atoms with van der Waals surface area (Å²) in [5, 5.41) is 15.5. The molecule has 5 heteroatoms. The molecule has 3 fully saturated rings. The summed E-state index contributed by atoms with van der Waals surface area (Å²) in [6.45, 7) is 3.26. The minimum Gasteiger partial charge on any atom is -0.481 e. The first-order valence-corrected chi connectivity index (χ1v) is 11.7. The molecule has 0 radical (unpaired) electrons. The largest absolute Gasteiger partial charge is 0.481 e. The number of carboxylic acid groups (broad SMARTS) is 1. The van der Waals surface area contributed by atoms with E-state index < -0.39 is 5.97 Å². The molecule has 2 aliphatic heterocycles. The lowest BCUT2D eigenvalue weighted by Gasteiger charge is -2.37. The van der Waals surface area contributed by atoms with Gasteiger partial charge in [-0.05, 0) is 80.4 Å². The second-order valence-electron chi connectivity index (χ2n) is 9.92. The van der Waals surface area contributed by atoms with E-state index in [2.05, 4.69) is 46.4 Å². The van der Waals surface area contributed by atoms with Gasteiger partial charge in [0.15, 0.2) is 0 Å². The molecule has 0 spiro atoms. The van der Waals surface area contributed by atoms with Crippen molar-refractivity contribution in [3.63, 3.8) is 0 Å². The van der Waals surface area contributed by atoms with E-state index in [1.54, 1.807) is 0 Å². The molecule has 1 aromatic carbocycles. The second kappa shape index (κ2) is 8.18. The number of hydrogen-bond acceptors (Lipinski definition) is 4. The number of pyridine rings is 1. The van der Waals surface area contributed by atoms with Crippen LogP contribution in [0.2, 0.25) is 0 Å². The van der Waals surface area contributed by atoms with Gasteiger partial charge in [0.1, 0.15) is 5.82 Å². The summed E-state index contributed by atoms with van der Waals surface area (Å²) in [5.74, 6) is 1.08. The van der Waals surface area contributed by atoms with Gasteiger partial charge in [-0.2, -0.15) is 0 Å². The lowest BCUT2D eigenvalue weighted by atomic mass is 9.87. The molecule has 2 atom stereocenters. The fourth-order valence-electron chi connectivity index (χ4n) is 5.93. The highest BCUT2D eigenvalue weighted by atomic mass is 16.4. The molecule has 3 aliphatic rings. The van der Waals surface area contributed by atoms with E-state index in [4.69, 9.17) is 0 Å².